The number of sulfonamides is 1. The van der Waals surface area contributed by atoms with Gasteiger partial charge in [-0.3, -0.25) is 19.2 Å². The quantitative estimate of drug-likeness (QED) is 0.353. The van der Waals surface area contributed by atoms with Gasteiger partial charge >= 0.3 is 0 Å². The van der Waals surface area contributed by atoms with Crippen molar-refractivity contribution in [2.75, 3.05) is 16.2 Å². The molecule has 0 aromatic heterocycles. The van der Waals surface area contributed by atoms with Crippen LogP contribution in [0, 0.1) is 24.0 Å². The average Bonchev–Trinajstić information content (AvgIpc) is 2.79. The number of nitrogens with one attached hydrogen (secondary N) is 1. The van der Waals surface area contributed by atoms with Crippen molar-refractivity contribution in [2.45, 2.75) is 38.5 Å². The molecular weight excluding hydrogens is 454 g/mol. The van der Waals surface area contributed by atoms with E-state index in [0.717, 1.165) is 15.4 Å². The van der Waals surface area contributed by atoms with E-state index in [-0.39, 0.29) is 22.2 Å². The van der Waals surface area contributed by atoms with Crippen LogP contribution in [0.1, 0.15) is 36.5 Å². The van der Waals surface area contributed by atoms with Gasteiger partial charge in [-0.15, -0.1) is 0 Å². The number of carbonyl (C=O) groups is 1. The molecule has 0 unspecified atom stereocenters. The molecule has 0 aliphatic heterocycles. The maximum Gasteiger partial charge on any atom is 0.271 e. The minimum Gasteiger partial charge on any atom is -0.324 e. The maximum atomic E-state index is 13.5. The highest BCUT2D eigenvalue weighted by molar-refractivity contribution is 7.92. The molecule has 8 nitrogen and oxygen atoms in total. The van der Waals surface area contributed by atoms with Gasteiger partial charge in [0.2, 0.25) is 5.91 Å². The zero-order valence-corrected chi connectivity index (χ0v) is 20.3. The van der Waals surface area contributed by atoms with Gasteiger partial charge in [-0.05, 0) is 55.2 Å². The lowest BCUT2D eigenvalue weighted by Crippen LogP contribution is -2.38. The van der Waals surface area contributed by atoms with Gasteiger partial charge in [0.05, 0.1) is 21.2 Å². The van der Waals surface area contributed by atoms with Gasteiger partial charge < -0.3 is 5.32 Å². The Morgan fingerprint density at radius 1 is 1.00 bits per heavy atom. The molecule has 0 aliphatic rings. The number of nitrogens with zero attached hydrogens (tertiary/aromatic N) is 2. The summed E-state index contributed by atoms with van der Waals surface area (Å²) in [5.41, 5.74) is 2.99. The predicted molar refractivity (Wildman–Crippen MR) is 133 cm³/mol. The molecule has 3 rings (SSSR count). The van der Waals surface area contributed by atoms with Gasteiger partial charge in [-0.1, -0.05) is 49.7 Å². The minimum absolute atomic E-state index is 0.0605. The molecule has 3 aromatic rings. The Bertz CT molecular complexity index is 1300. The second kappa shape index (κ2) is 10.0. The average molecular weight is 482 g/mol. The summed E-state index contributed by atoms with van der Waals surface area (Å²) >= 11 is 0. The summed E-state index contributed by atoms with van der Waals surface area (Å²) in [4.78, 5) is 23.6. The van der Waals surface area contributed by atoms with E-state index in [2.05, 4.69) is 5.32 Å². The molecule has 3 aromatic carbocycles. The molecule has 0 fully saturated rings. The Labute approximate surface area is 199 Å². The Balaban J connectivity index is 1.97. The van der Waals surface area contributed by atoms with Crippen molar-refractivity contribution in [3.05, 3.63) is 93.5 Å². The lowest BCUT2D eigenvalue weighted by atomic mass is 10.0. The summed E-state index contributed by atoms with van der Waals surface area (Å²) in [7, 11) is -4.06. The standard InChI is InChI=1S/C25H27N3O5S/c1-17(2)20-8-11-21(12-9-20)27(34(32,33)23-13-5-18(3)6-14-23)16-25(29)26-24-15-22(28(30)31)10-7-19(24)4/h5-15,17H,16H2,1-4H3,(H,26,29). The third kappa shape index (κ3) is 5.60. The molecule has 0 saturated carbocycles. The first-order chi connectivity index (χ1) is 16.0. The largest absolute Gasteiger partial charge is 0.324 e. The topological polar surface area (TPSA) is 110 Å². The van der Waals surface area contributed by atoms with Crippen LogP contribution in [0.4, 0.5) is 17.1 Å². The highest BCUT2D eigenvalue weighted by Gasteiger charge is 2.27. The second-order valence-electron chi connectivity index (χ2n) is 8.38. The van der Waals surface area contributed by atoms with E-state index in [1.807, 2.05) is 32.9 Å². The molecule has 34 heavy (non-hydrogen) atoms. The number of hydrogen-bond donors (Lipinski definition) is 1. The van der Waals surface area contributed by atoms with Crippen molar-refractivity contribution in [3.63, 3.8) is 0 Å². The van der Waals surface area contributed by atoms with E-state index in [0.29, 0.717) is 11.3 Å². The van der Waals surface area contributed by atoms with Crippen molar-refractivity contribution in [2.24, 2.45) is 0 Å². The van der Waals surface area contributed by atoms with Crippen LogP contribution in [0.2, 0.25) is 0 Å². The van der Waals surface area contributed by atoms with Crippen LogP contribution in [-0.2, 0) is 14.8 Å². The smallest absolute Gasteiger partial charge is 0.271 e. The monoisotopic (exact) mass is 481 g/mol. The van der Waals surface area contributed by atoms with Gasteiger partial charge in [0, 0.05) is 12.1 Å². The van der Waals surface area contributed by atoms with Crippen molar-refractivity contribution >= 4 is 33.0 Å². The van der Waals surface area contributed by atoms with Gasteiger partial charge in [0.1, 0.15) is 6.54 Å². The van der Waals surface area contributed by atoms with Crippen LogP contribution in [0.5, 0.6) is 0 Å². The zero-order chi connectivity index (χ0) is 25.0. The molecule has 9 heteroatoms. The number of aryl methyl sites for hydroxylation is 2. The Hall–Kier alpha value is -3.72. The number of nitro benzene ring substituents is 1. The number of anilines is 2. The van der Waals surface area contributed by atoms with Crippen molar-refractivity contribution in [3.8, 4) is 0 Å². The molecule has 178 valence electrons. The molecule has 1 N–H and O–H groups in total. The van der Waals surface area contributed by atoms with Gasteiger partial charge in [0.25, 0.3) is 15.7 Å². The third-order valence-electron chi connectivity index (χ3n) is 5.45. The maximum absolute atomic E-state index is 13.5. The van der Waals surface area contributed by atoms with Crippen LogP contribution in [-0.4, -0.2) is 25.8 Å². The van der Waals surface area contributed by atoms with E-state index < -0.39 is 27.4 Å². The highest BCUT2D eigenvalue weighted by atomic mass is 32.2. The first-order valence-electron chi connectivity index (χ1n) is 10.7. The Morgan fingerprint density at radius 2 is 1.62 bits per heavy atom. The molecule has 0 saturated heterocycles. The molecule has 0 atom stereocenters. The van der Waals surface area contributed by atoms with Gasteiger partial charge in [-0.2, -0.15) is 0 Å². The number of benzene rings is 3. The van der Waals surface area contributed by atoms with Crippen LogP contribution in [0.3, 0.4) is 0 Å². The summed E-state index contributed by atoms with van der Waals surface area (Å²) < 4.78 is 28.1. The first kappa shape index (κ1) is 24.9. The van der Waals surface area contributed by atoms with Gasteiger partial charge in [0.15, 0.2) is 0 Å². The first-order valence-corrected chi connectivity index (χ1v) is 12.2. The molecule has 1 amide bonds. The van der Waals surface area contributed by atoms with Crippen molar-refractivity contribution in [1.29, 1.82) is 0 Å². The molecule has 0 heterocycles. The molecule has 0 bridgehead atoms. The predicted octanol–water partition coefficient (Wildman–Crippen LogP) is 5.17. The van der Waals surface area contributed by atoms with E-state index in [4.69, 9.17) is 0 Å². The fourth-order valence-corrected chi connectivity index (χ4v) is 4.78. The SMILES string of the molecule is Cc1ccc(S(=O)(=O)N(CC(=O)Nc2cc([N+](=O)[O-])ccc2C)c2ccc(C(C)C)cc2)cc1. The fourth-order valence-electron chi connectivity index (χ4n) is 3.36. The number of nitro groups is 1. The summed E-state index contributed by atoms with van der Waals surface area (Å²) in [6.07, 6.45) is 0. The Kier molecular flexibility index (Phi) is 7.36. The fraction of sp³-hybridized carbons (Fsp3) is 0.240. The summed E-state index contributed by atoms with van der Waals surface area (Å²) in [6, 6.07) is 17.5. The summed E-state index contributed by atoms with van der Waals surface area (Å²) in [6.45, 7) is 7.12. The number of hydrogen-bond acceptors (Lipinski definition) is 5. The highest BCUT2D eigenvalue weighted by Crippen LogP contribution is 2.27. The van der Waals surface area contributed by atoms with Crippen LogP contribution in [0.25, 0.3) is 0 Å². The van der Waals surface area contributed by atoms with Gasteiger partial charge in [-0.25, -0.2) is 8.42 Å². The van der Waals surface area contributed by atoms with E-state index >= 15 is 0 Å². The summed E-state index contributed by atoms with van der Waals surface area (Å²) in [5.74, 6) is -0.358. The van der Waals surface area contributed by atoms with E-state index in [1.54, 1.807) is 31.2 Å². The lowest BCUT2D eigenvalue weighted by molar-refractivity contribution is -0.384. The summed E-state index contributed by atoms with van der Waals surface area (Å²) in [5, 5.41) is 13.7. The third-order valence-corrected chi connectivity index (χ3v) is 7.24. The van der Waals surface area contributed by atoms with Crippen molar-refractivity contribution in [1.82, 2.24) is 0 Å². The lowest BCUT2D eigenvalue weighted by Gasteiger charge is -2.25. The van der Waals surface area contributed by atoms with Crippen LogP contribution in [0.15, 0.2) is 71.6 Å². The minimum atomic E-state index is -4.06. The second-order valence-corrected chi connectivity index (χ2v) is 10.2. The zero-order valence-electron chi connectivity index (χ0n) is 19.5. The number of rotatable bonds is 8. The number of amides is 1. The molecule has 0 radical (unpaired) electrons. The normalized spacial score (nSPS) is 11.3. The molecular formula is C25H27N3O5S. The van der Waals surface area contributed by atoms with E-state index in [1.165, 1.54) is 30.3 Å². The van der Waals surface area contributed by atoms with Crippen LogP contribution < -0.4 is 9.62 Å². The number of carbonyl (C=O) groups excluding carboxylic acids is 1. The number of non-ortho nitro benzene ring substituents is 1. The molecule has 0 aliphatic carbocycles. The van der Waals surface area contributed by atoms with Crippen LogP contribution >= 0.6 is 0 Å². The molecule has 0 spiro atoms. The van der Waals surface area contributed by atoms with E-state index in [9.17, 15) is 23.3 Å². The van der Waals surface area contributed by atoms with Crippen molar-refractivity contribution < 1.29 is 18.1 Å². The Morgan fingerprint density at radius 3 is 2.18 bits per heavy atom.